The van der Waals surface area contributed by atoms with E-state index in [1.165, 1.54) is 4.31 Å². The van der Waals surface area contributed by atoms with Crippen LogP contribution in [0, 0.1) is 12.8 Å². The molecule has 24 heavy (non-hydrogen) atoms. The Balaban J connectivity index is 1.89. The van der Waals surface area contributed by atoms with Gasteiger partial charge in [-0.05, 0) is 6.92 Å². The average molecular weight is 351 g/mol. The Hall–Kier alpha value is -1.84. The fourth-order valence-corrected chi connectivity index (χ4v) is 3.94. The summed E-state index contributed by atoms with van der Waals surface area (Å²) in [6.07, 6.45) is 7.00. The molecule has 1 aliphatic rings. The third-order valence-electron chi connectivity index (χ3n) is 4.21. The van der Waals surface area contributed by atoms with Gasteiger partial charge in [-0.25, -0.2) is 27.7 Å². The Morgan fingerprint density at radius 2 is 1.96 bits per heavy atom. The van der Waals surface area contributed by atoms with Crippen LogP contribution >= 0.6 is 0 Å². The van der Waals surface area contributed by atoms with E-state index in [0.29, 0.717) is 19.0 Å². The van der Waals surface area contributed by atoms with E-state index in [1.54, 1.807) is 32.7 Å². The van der Waals surface area contributed by atoms with Crippen molar-refractivity contribution in [3.05, 3.63) is 30.6 Å². The summed E-state index contributed by atoms with van der Waals surface area (Å²) in [5.74, 6) is 1.33. The van der Waals surface area contributed by atoms with Gasteiger partial charge in [0, 0.05) is 44.8 Å². The zero-order chi connectivity index (χ0) is 17.3. The maximum atomic E-state index is 12.2. The molecule has 0 amide bonds. The molecule has 9 heteroatoms. The molecule has 3 heterocycles. The van der Waals surface area contributed by atoms with Gasteiger partial charge in [-0.2, -0.15) is 0 Å². The summed E-state index contributed by atoms with van der Waals surface area (Å²) in [6, 6.07) is -0.0847. The number of aromatic nitrogens is 4. The van der Waals surface area contributed by atoms with Gasteiger partial charge in [0.15, 0.2) is 0 Å². The Morgan fingerprint density at radius 3 is 2.62 bits per heavy atom. The molecule has 1 saturated heterocycles. The second kappa shape index (κ2) is 6.58. The van der Waals surface area contributed by atoms with Gasteiger partial charge in [-0.15, -0.1) is 0 Å². The van der Waals surface area contributed by atoms with Gasteiger partial charge in [0.2, 0.25) is 10.0 Å². The number of hydrogen-bond donors (Lipinski definition) is 0. The number of ether oxygens (including phenoxy) is 1. The zero-order valence-electron chi connectivity index (χ0n) is 14.0. The van der Waals surface area contributed by atoms with Crippen LogP contribution in [0.15, 0.2) is 24.8 Å². The Morgan fingerprint density at radius 1 is 1.25 bits per heavy atom. The van der Waals surface area contributed by atoms with Gasteiger partial charge in [0.1, 0.15) is 11.6 Å². The minimum Gasteiger partial charge on any atom is -0.379 e. The number of nitrogens with zero attached hydrogens (tertiary/aromatic N) is 5. The van der Waals surface area contributed by atoms with Crippen molar-refractivity contribution in [2.75, 3.05) is 33.1 Å². The van der Waals surface area contributed by atoms with Crippen LogP contribution in [0.25, 0.3) is 11.4 Å². The van der Waals surface area contributed by atoms with Gasteiger partial charge < -0.3 is 9.30 Å². The van der Waals surface area contributed by atoms with Crippen LogP contribution in [-0.2, 0) is 14.8 Å². The quantitative estimate of drug-likeness (QED) is 0.789. The molecule has 0 aromatic carbocycles. The summed E-state index contributed by atoms with van der Waals surface area (Å²) >= 11 is 0. The molecule has 3 rings (SSSR count). The molecule has 2 aromatic heterocycles. The highest BCUT2D eigenvalue weighted by molar-refractivity contribution is 7.89. The Bertz CT molecular complexity index is 801. The van der Waals surface area contributed by atoms with Crippen molar-refractivity contribution in [3.63, 3.8) is 0 Å². The van der Waals surface area contributed by atoms with Crippen molar-refractivity contribution >= 4 is 10.0 Å². The molecule has 2 aromatic rings. The fraction of sp³-hybridized carbons (Fsp3) is 0.533. The second-order valence-corrected chi connectivity index (χ2v) is 8.33. The molecule has 1 fully saturated rings. The van der Waals surface area contributed by atoms with Gasteiger partial charge in [0.25, 0.3) is 0 Å². The molecule has 1 aliphatic heterocycles. The van der Waals surface area contributed by atoms with Crippen molar-refractivity contribution in [3.8, 4) is 11.4 Å². The largest absolute Gasteiger partial charge is 0.379 e. The Kier molecular flexibility index (Phi) is 4.66. The minimum absolute atomic E-state index is 0.0483. The summed E-state index contributed by atoms with van der Waals surface area (Å²) in [4.78, 5) is 12.8. The monoisotopic (exact) mass is 351 g/mol. The van der Waals surface area contributed by atoms with Crippen molar-refractivity contribution in [1.29, 1.82) is 0 Å². The molecular weight excluding hydrogens is 330 g/mol. The molecule has 0 unspecified atom stereocenters. The molecule has 0 radical (unpaired) electrons. The van der Waals surface area contributed by atoms with Crippen molar-refractivity contribution in [1.82, 2.24) is 23.8 Å². The van der Waals surface area contributed by atoms with Crippen LogP contribution in [0.2, 0.25) is 0 Å². The molecule has 130 valence electrons. The SMILES string of the molecule is Cc1ncc(-c2nccn2[C@@H]2COC[C@@H]2CS(=O)(=O)N(C)C)cn1. The van der Waals surface area contributed by atoms with E-state index in [9.17, 15) is 8.42 Å². The zero-order valence-corrected chi connectivity index (χ0v) is 14.8. The van der Waals surface area contributed by atoms with E-state index in [2.05, 4.69) is 15.0 Å². The summed E-state index contributed by atoms with van der Waals surface area (Å²) in [5, 5.41) is 0. The van der Waals surface area contributed by atoms with Crippen molar-refractivity contribution in [2.45, 2.75) is 13.0 Å². The molecule has 8 nitrogen and oxygen atoms in total. The molecule has 0 spiro atoms. The van der Waals surface area contributed by atoms with Crippen LogP contribution in [0.1, 0.15) is 11.9 Å². The van der Waals surface area contributed by atoms with Crippen LogP contribution in [0.5, 0.6) is 0 Å². The summed E-state index contributed by atoms with van der Waals surface area (Å²) in [6.45, 7) is 2.70. The average Bonchev–Trinajstić information content (AvgIpc) is 3.16. The van der Waals surface area contributed by atoms with Gasteiger partial charge in [-0.1, -0.05) is 0 Å². The van der Waals surface area contributed by atoms with Crippen LogP contribution < -0.4 is 0 Å². The third-order valence-corrected chi connectivity index (χ3v) is 6.17. The molecule has 0 bridgehead atoms. The maximum Gasteiger partial charge on any atom is 0.214 e. The molecule has 2 atom stereocenters. The fourth-order valence-electron chi connectivity index (χ4n) is 2.79. The summed E-state index contributed by atoms with van der Waals surface area (Å²) in [7, 11) is -0.198. The van der Waals surface area contributed by atoms with Crippen molar-refractivity contribution < 1.29 is 13.2 Å². The smallest absolute Gasteiger partial charge is 0.214 e. The highest BCUT2D eigenvalue weighted by atomic mass is 32.2. The number of imidazole rings is 1. The van der Waals surface area contributed by atoms with E-state index in [-0.39, 0.29) is 17.7 Å². The van der Waals surface area contributed by atoms with E-state index in [4.69, 9.17) is 4.74 Å². The lowest BCUT2D eigenvalue weighted by atomic mass is 10.1. The standard InChI is InChI=1S/C15H21N5O3S/c1-11-17-6-12(7-18-11)15-16-4-5-20(15)14-9-23-8-13(14)10-24(21,22)19(2)3/h4-7,13-14H,8-10H2,1-3H3/t13-,14-/m1/s1. The highest BCUT2D eigenvalue weighted by Crippen LogP contribution is 2.31. The summed E-state index contributed by atoms with van der Waals surface area (Å²) in [5.41, 5.74) is 0.798. The van der Waals surface area contributed by atoms with E-state index in [1.807, 2.05) is 17.7 Å². The molecule has 0 aliphatic carbocycles. The predicted octanol–water partition coefficient (Wildman–Crippen LogP) is 0.727. The first-order valence-corrected chi connectivity index (χ1v) is 9.29. The first-order chi connectivity index (χ1) is 11.4. The minimum atomic E-state index is -3.29. The third kappa shape index (κ3) is 3.33. The lowest BCUT2D eigenvalue weighted by molar-refractivity contribution is 0.182. The van der Waals surface area contributed by atoms with E-state index < -0.39 is 10.0 Å². The topological polar surface area (TPSA) is 90.2 Å². The van der Waals surface area contributed by atoms with E-state index >= 15 is 0 Å². The number of sulfonamides is 1. The highest BCUT2D eigenvalue weighted by Gasteiger charge is 2.35. The summed E-state index contributed by atoms with van der Waals surface area (Å²) < 4.78 is 33.2. The Labute approximate surface area is 141 Å². The molecule has 0 N–H and O–H groups in total. The predicted molar refractivity (Wildman–Crippen MR) is 88.8 cm³/mol. The maximum absolute atomic E-state index is 12.2. The normalized spacial score (nSPS) is 21.5. The van der Waals surface area contributed by atoms with Gasteiger partial charge >= 0.3 is 0 Å². The van der Waals surface area contributed by atoms with Crippen LogP contribution in [0.3, 0.4) is 0 Å². The van der Waals surface area contributed by atoms with E-state index in [0.717, 1.165) is 11.4 Å². The first-order valence-electron chi connectivity index (χ1n) is 7.68. The van der Waals surface area contributed by atoms with Crippen LogP contribution in [0.4, 0.5) is 0 Å². The second-order valence-electron chi connectivity index (χ2n) is 6.10. The van der Waals surface area contributed by atoms with Gasteiger partial charge in [-0.3, -0.25) is 0 Å². The lowest BCUT2D eigenvalue weighted by Crippen LogP contribution is -2.32. The number of rotatable bonds is 5. The van der Waals surface area contributed by atoms with Crippen molar-refractivity contribution in [2.24, 2.45) is 5.92 Å². The van der Waals surface area contributed by atoms with Crippen LogP contribution in [-0.4, -0.2) is 65.3 Å². The van der Waals surface area contributed by atoms with Gasteiger partial charge in [0.05, 0.1) is 30.6 Å². The lowest BCUT2D eigenvalue weighted by Gasteiger charge is -2.22. The molecule has 0 saturated carbocycles. The number of hydrogen-bond acceptors (Lipinski definition) is 6. The first kappa shape index (κ1) is 17.0. The molecular formula is C15H21N5O3S. The number of aryl methyl sites for hydroxylation is 1.